The molecule has 0 spiro atoms. The number of hydrogen-bond acceptors (Lipinski definition) is 4. The van der Waals surface area contributed by atoms with E-state index in [0.29, 0.717) is 16.1 Å². The monoisotopic (exact) mass is 316 g/mol. The molecule has 1 aromatic carbocycles. The van der Waals surface area contributed by atoms with E-state index < -0.39 is 5.91 Å². The lowest BCUT2D eigenvalue weighted by molar-refractivity contribution is 0.100. The zero-order valence-corrected chi connectivity index (χ0v) is 12.7. The summed E-state index contributed by atoms with van der Waals surface area (Å²) >= 11 is 1.43. The largest absolute Gasteiger partial charge is 0.508 e. The Hall–Kier alpha value is -2.34. The summed E-state index contributed by atoms with van der Waals surface area (Å²) in [6, 6.07) is 5.96. The Morgan fingerprint density at radius 1 is 1.14 bits per heavy atom. The number of anilines is 1. The van der Waals surface area contributed by atoms with Crippen molar-refractivity contribution in [1.82, 2.24) is 0 Å². The van der Waals surface area contributed by atoms with Crippen molar-refractivity contribution in [2.75, 3.05) is 5.32 Å². The van der Waals surface area contributed by atoms with Gasteiger partial charge in [0.15, 0.2) is 0 Å². The second-order valence-corrected chi connectivity index (χ2v) is 6.39. The SMILES string of the molecule is NC(=O)c1c(NC(=O)c2ccc(O)cc2)sc2c1CCCC2. The molecule has 0 atom stereocenters. The number of thiophene rings is 1. The summed E-state index contributed by atoms with van der Waals surface area (Å²) < 4.78 is 0. The number of phenolic OH excluding ortho intramolecular Hbond substituents is 1. The van der Waals surface area contributed by atoms with Gasteiger partial charge >= 0.3 is 0 Å². The third kappa shape index (κ3) is 2.69. The van der Waals surface area contributed by atoms with E-state index in [1.807, 2.05) is 0 Å². The molecule has 6 heteroatoms. The quantitative estimate of drug-likeness (QED) is 0.813. The van der Waals surface area contributed by atoms with Gasteiger partial charge in [-0.05, 0) is 55.5 Å². The van der Waals surface area contributed by atoms with Gasteiger partial charge in [0.25, 0.3) is 11.8 Å². The molecule has 0 bridgehead atoms. The number of phenols is 1. The van der Waals surface area contributed by atoms with Crippen molar-refractivity contribution in [3.05, 3.63) is 45.8 Å². The minimum Gasteiger partial charge on any atom is -0.508 e. The van der Waals surface area contributed by atoms with Crippen LogP contribution in [0.15, 0.2) is 24.3 Å². The van der Waals surface area contributed by atoms with Crippen LogP contribution < -0.4 is 11.1 Å². The number of amides is 2. The first-order valence-corrected chi connectivity index (χ1v) is 7.92. The number of hydrogen-bond donors (Lipinski definition) is 3. The van der Waals surface area contributed by atoms with Gasteiger partial charge in [0, 0.05) is 10.4 Å². The first-order chi connectivity index (χ1) is 10.6. The first-order valence-electron chi connectivity index (χ1n) is 7.11. The molecule has 5 nitrogen and oxygen atoms in total. The summed E-state index contributed by atoms with van der Waals surface area (Å²) in [7, 11) is 0. The predicted octanol–water partition coefficient (Wildman–Crippen LogP) is 2.68. The number of aromatic hydroxyl groups is 1. The van der Waals surface area contributed by atoms with E-state index in [9.17, 15) is 14.7 Å². The number of rotatable bonds is 3. The van der Waals surface area contributed by atoms with Gasteiger partial charge < -0.3 is 16.2 Å². The maximum Gasteiger partial charge on any atom is 0.256 e. The first kappa shape index (κ1) is 14.6. The van der Waals surface area contributed by atoms with Gasteiger partial charge in [-0.2, -0.15) is 0 Å². The van der Waals surface area contributed by atoms with E-state index in [-0.39, 0.29) is 11.7 Å². The van der Waals surface area contributed by atoms with Gasteiger partial charge in [-0.1, -0.05) is 0 Å². The molecule has 1 aliphatic rings. The Bertz CT molecular complexity index is 735. The van der Waals surface area contributed by atoms with Crippen LogP contribution in [0.3, 0.4) is 0 Å². The standard InChI is InChI=1S/C16H16N2O3S/c17-14(20)13-11-3-1-2-4-12(11)22-16(13)18-15(21)9-5-7-10(19)8-6-9/h5-8,19H,1-4H2,(H2,17,20)(H,18,21). The molecule has 3 rings (SSSR count). The average molecular weight is 316 g/mol. The minimum atomic E-state index is -0.500. The smallest absolute Gasteiger partial charge is 0.256 e. The zero-order chi connectivity index (χ0) is 15.7. The average Bonchev–Trinajstić information content (AvgIpc) is 2.85. The Balaban J connectivity index is 1.91. The number of nitrogens with one attached hydrogen (secondary N) is 1. The summed E-state index contributed by atoms with van der Waals surface area (Å²) in [5.74, 6) is -0.720. The van der Waals surface area contributed by atoms with E-state index in [4.69, 9.17) is 5.73 Å². The van der Waals surface area contributed by atoms with Gasteiger partial charge in [-0.15, -0.1) is 11.3 Å². The number of nitrogens with two attached hydrogens (primary N) is 1. The van der Waals surface area contributed by atoms with Crippen molar-refractivity contribution in [2.45, 2.75) is 25.7 Å². The highest BCUT2D eigenvalue weighted by atomic mass is 32.1. The van der Waals surface area contributed by atoms with E-state index >= 15 is 0 Å². The Kier molecular flexibility index (Phi) is 3.85. The molecule has 0 radical (unpaired) electrons. The van der Waals surface area contributed by atoms with Crippen molar-refractivity contribution < 1.29 is 14.7 Å². The minimum absolute atomic E-state index is 0.0981. The molecule has 22 heavy (non-hydrogen) atoms. The number of benzene rings is 1. The summed E-state index contributed by atoms with van der Waals surface area (Å²) in [6.45, 7) is 0. The van der Waals surface area contributed by atoms with Crippen molar-refractivity contribution in [3.63, 3.8) is 0 Å². The van der Waals surface area contributed by atoms with E-state index in [2.05, 4.69) is 5.32 Å². The molecule has 1 aromatic heterocycles. The highest BCUT2D eigenvalue weighted by molar-refractivity contribution is 7.17. The highest BCUT2D eigenvalue weighted by Gasteiger charge is 2.25. The molecule has 114 valence electrons. The van der Waals surface area contributed by atoms with Gasteiger partial charge in [0.05, 0.1) is 5.56 Å². The van der Waals surface area contributed by atoms with Crippen molar-refractivity contribution in [1.29, 1.82) is 0 Å². The molecule has 2 aromatic rings. The molecule has 1 heterocycles. The van der Waals surface area contributed by atoms with Crippen molar-refractivity contribution >= 4 is 28.2 Å². The van der Waals surface area contributed by atoms with Crippen LogP contribution in [-0.4, -0.2) is 16.9 Å². The number of primary amides is 1. The zero-order valence-electron chi connectivity index (χ0n) is 11.9. The molecule has 0 fully saturated rings. The lowest BCUT2D eigenvalue weighted by Crippen LogP contribution is -2.18. The fourth-order valence-corrected chi connectivity index (χ4v) is 3.99. The summed E-state index contributed by atoms with van der Waals surface area (Å²) in [5, 5.41) is 12.6. The second kappa shape index (κ2) is 5.81. The number of aryl methyl sites for hydroxylation is 1. The topological polar surface area (TPSA) is 92.4 Å². The third-order valence-corrected chi connectivity index (χ3v) is 4.98. The summed E-state index contributed by atoms with van der Waals surface area (Å²) in [6.07, 6.45) is 3.89. The Labute approximate surface area is 131 Å². The molecular weight excluding hydrogens is 300 g/mol. The lowest BCUT2D eigenvalue weighted by Gasteiger charge is -2.11. The predicted molar refractivity (Wildman–Crippen MR) is 85.5 cm³/mol. The van der Waals surface area contributed by atoms with E-state index in [1.165, 1.54) is 35.6 Å². The van der Waals surface area contributed by atoms with Crippen LogP contribution in [-0.2, 0) is 12.8 Å². The van der Waals surface area contributed by atoms with Crippen LogP contribution in [0.25, 0.3) is 0 Å². The lowest BCUT2D eigenvalue weighted by atomic mass is 9.95. The number of fused-ring (bicyclic) bond motifs is 1. The van der Waals surface area contributed by atoms with Gasteiger partial charge in [0.2, 0.25) is 0 Å². The van der Waals surface area contributed by atoms with E-state index in [0.717, 1.165) is 36.1 Å². The third-order valence-electron chi connectivity index (χ3n) is 3.77. The van der Waals surface area contributed by atoms with Crippen LogP contribution in [0, 0.1) is 0 Å². The second-order valence-electron chi connectivity index (χ2n) is 5.28. The Morgan fingerprint density at radius 2 is 1.82 bits per heavy atom. The molecule has 2 amide bonds. The fourth-order valence-electron chi connectivity index (χ4n) is 2.70. The number of carbonyl (C=O) groups is 2. The van der Waals surface area contributed by atoms with Crippen LogP contribution in [0.4, 0.5) is 5.00 Å². The summed E-state index contributed by atoms with van der Waals surface area (Å²) in [5.41, 5.74) is 7.36. The molecule has 0 saturated heterocycles. The van der Waals surface area contributed by atoms with Crippen LogP contribution in [0.5, 0.6) is 5.75 Å². The van der Waals surface area contributed by atoms with Crippen LogP contribution in [0.1, 0.15) is 44.0 Å². The molecule has 0 saturated carbocycles. The van der Waals surface area contributed by atoms with E-state index in [1.54, 1.807) is 0 Å². The summed E-state index contributed by atoms with van der Waals surface area (Å²) in [4.78, 5) is 25.2. The number of carbonyl (C=O) groups excluding carboxylic acids is 2. The molecule has 0 unspecified atom stereocenters. The van der Waals surface area contributed by atoms with Gasteiger partial charge in [-0.3, -0.25) is 9.59 Å². The normalized spacial score (nSPS) is 13.5. The van der Waals surface area contributed by atoms with Crippen molar-refractivity contribution in [2.24, 2.45) is 5.73 Å². The Morgan fingerprint density at radius 3 is 2.50 bits per heavy atom. The highest BCUT2D eigenvalue weighted by Crippen LogP contribution is 2.38. The molecule has 1 aliphatic carbocycles. The fraction of sp³-hybridized carbons (Fsp3) is 0.250. The molecule has 4 N–H and O–H groups in total. The molecular formula is C16H16N2O3S. The van der Waals surface area contributed by atoms with Gasteiger partial charge in [-0.25, -0.2) is 0 Å². The maximum absolute atomic E-state index is 12.3. The molecule has 0 aliphatic heterocycles. The van der Waals surface area contributed by atoms with Crippen LogP contribution in [0.2, 0.25) is 0 Å². The van der Waals surface area contributed by atoms with Gasteiger partial charge in [0.1, 0.15) is 10.8 Å². The van der Waals surface area contributed by atoms with Crippen molar-refractivity contribution in [3.8, 4) is 5.75 Å². The van der Waals surface area contributed by atoms with Crippen LogP contribution >= 0.6 is 11.3 Å². The maximum atomic E-state index is 12.3.